The molecule has 42 heavy (non-hydrogen) atoms. The maximum Gasteiger partial charge on any atom is 0.149 e. The molecule has 0 bridgehead atoms. The van der Waals surface area contributed by atoms with Gasteiger partial charge >= 0.3 is 0 Å². The number of nitrogens with zero attached hydrogens (tertiary/aromatic N) is 4. The van der Waals surface area contributed by atoms with Crippen LogP contribution in [-0.4, -0.2) is 14.7 Å². The van der Waals surface area contributed by atoms with Crippen LogP contribution in [0.2, 0.25) is 0 Å². The molecule has 1 aliphatic heterocycles. The number of phenols is 1. The standard InChI is InChI=1S/C37H26N4O/c42-36-25-28(23-24-29(36)37-38-30-17-7-8-18-31(30)41(37)27-15-5-2-6-16-27)40-34-21-11-9-19-32(34)39(26-13-3-1-4-14-26)33-20-10-12-22-35(33)40/h1-25,42H. The molecule has 0 unspecified atom stereocenters. The number of phenolic OH excluding ortho intramolecular Hbond substituents is 1. The van der Waals surface area contributed by atoms with Crippen LogP contribution in [0.5, 0.6) is 5.75 Å². The first-order valence-corrected chi connectivity index (χ1v) is 14.0. The van der Waals surface area contributed by atoms with Gasteiger partial charge in [0.15, 0.2) is 0 Å². The highest BCUT2D eigenvalue weighted by Crippen LogP contribution is 2.54. The Hall–Kier alpha value is -5.81. The summed E-state index contributed by atoms with van der Waals surface area (Å²) < 4.78 is 2.10. The van der Waals surface area contributed by atoms with Gasteiger partial charge in [0.25, 0.3) is 0 Å². The van der Waals surface area contributed by atoms with Gasteiger partial charge in [-0.25, -0.2) is 4.98 Å². The average Bonchev–Trinajstić information content (AvgIpc) is 3.43. The van der Waals surface area contributed by atoms with Crippen molar-refractivity contribution in [3.8, 4) is 22.8 Å². The van der Waals surface area contributed by atoms with Gasteiger partial charge in [0.1, 0.15) is 11.6 Å². The maximum absolute atomic E-state index is 11.6. The van der Waals surface area contributed by atoms with Crippen molar-refractivity contribution in [2.24, 2.45) is 0 Å². The molecule has 0 amide bonds. The second-order valence-electron chi connectivity index (χ2n) is 10.3. The van der Waals surface area contributed by atoms with Crippen LogP contribution in [0.15, 0.2) is 152 Å². The molecule has 200 valence electrons. The fourth-order valence-corrected chi connectivity index (χ4v) is 5.97. The van der Waals surface area contributed by atoms with Crippen molar-refractivity contribution < 1.29 is 5.11 Å². The predicted molar refractivity (Wildman–Crippen MR) is 171 cm³/mol. The zero-order valence-corrected chi connectivity index (χ0v) is 22.7. The molecule has 7 aromatic rings. The van der Waals surface area contributed by atoms with Gasteiger partial charge in [-0.1, -0.05) is 72.8 Å². The third kappa shape index (κ3) is 3.75. The van der Waals surface area contributed by atoms with E-state index in [-0.39, 0.29) is 5.75 Å². The summed E-state index contributed by atoms with van der Waals surface area (Å²) >= 11 is 0. The number of anilines is 6. The van der Waals surface area contributed by atoms with Crippen LogP contribution in [0.4, 0.5) is 34.1 Å². The Morgan fingerprint density at radius 2 is 0.952 bits per heavy atom. The van der Waals surface area contributed by atoms with Crippen LogP contribution in [0.3, 0.4) is 0 Å². The number of fused-ring (bicyclic) bond motifs is 3. The van der Waals surface area contributed by atoms with E-state index >= 15 is 0 Å². The minimum Gasteiger partial charge on any atom is -0.507 e. The van der Waals surface area contributed by atoms with Crippen LogP contribution in [0.25, 0.3) is 28.1 Å². The van der Waals surface area contributed by atoms with Gasteiger partial charge in [-0.05, 0) is 72.8 Å². The second kappa shape index (κ2) is 9.68. The Morgan fingerprint density at radius 3 is 1.55 bits per heavy atom. The molecule has 0 saturated heterocycles. The van der Waals surface area contributed by atoms with Gasteiger partial charge < -0.3 is 14.9 Å². The predicted octanol–water partition coefficient (Wildman–Crippen LogP) is 9.65. The Labute approximate surface area is 243 Å². The lowest BCUT2D eigenvalue weighted by atomic mass is 10.0. The van der Waals surface area contributed by atoms with Crippen molar-refractivity contribution in [2.45, 2.75) is 0 Å². The average molecular weight is 543 g/mol. The summed E-state index contributed by atoms with van der Waals surface area (Å²) in [5.74, 6) is 0.863. The lowest BCUT2D eigenvalue weighted by Crippen LogP contribution is -2.23. The molecule has 0 fully saturated rings. The quantitative estimate of drug-likeness (QED) is 0.240. The monoisotopic (exact) mass is 542 g/mol. The smallest absolute Gasteiger partial charge is 0.149 e. The highest BCUT2D eigenvalue weighted by molar-refractivity contribution is 6.01. The summed E-state index contributed by atoms with van der Waals surface area (Å²) in [7, 11) is 0. The van der Waals surface area contributed by atoms with Crippen molar-refractivity contribution >= 4 is 45.2 Å². The van der Waals surface area contributed by atoms with Crippen LogP contribution in [0, 0.1) is 0 Å². The number of hydrogen-bond donors (Lipinski definition) is 1. The zero-order valence-electron chi connectivity index (χ0n) is 22.7. The molecule has 6 aromatic carbocycles. The van der Waals surface area contributed by atoms with Gasteiger partial charge in [0, 0.05) is 17.4 Å². The highest BCUT2D eigenvalue weighted by Gasteiger charge is 2.30. The highest BCUT2D eigenvalue weighted by atomic mass is 16.3. The van der Waals surface area contributed by atoms with Crippen LogP contribution in [-0.2, 0) is 0 Å². The third-order valence-electron chi connectivity index (χ3n) is 7.80. The minimum absolute atomic E-state index is 0.167. The first kappa shape index (κ1) is 24.0. The van der Waals surface area contributed by atoms with E-state index in [2.05, 4.69) is 111 Å². The van der Waals surface area contributed by atoms with E-state index in [9.17, 15) is 5.11 Å². The maximum atomic E-state index is 11.6. The van der Waals surface area contributed by atoms with Crippen LogP contribution in [0.1, 0.15) is 0 Å². The molecule has 1 aromatic heterocycles. The first-order chi connectivity index (χ1) is 20.8. The number of aromatic hydroxyl groups is 1. The molecule has 0 saturated carbocycles. The molecule has 8 rings (SSSR count). The van der Waals surface area contributed by atoms with Crippen molar-refractivity contribution in [1.29, 1.82) is 0 Å². The van der Waals surface area contributed by atoms with E-state index in [4.69, 9.17) is 4.98 Å². The summed E-state index contributed by atoms with van der Waals surface area (Å²) in [6.45, 7) is 0. The van der Waals surface area contributed by atoms with Crippen LogP contribution >= 0.6 is 0 Å². The van der Waals surface area contributed by atoms with E-state index in [1.54, 1.807) is 0 Å². The normalized spacial score (nSPS) is 12.3. The van der Waals surface area contributed by atoms with Crippen LogP contribution < -0.4 is 9.80 Å². The SMILES string of the molecule is Oc1cc(N2c3ccccc3N(c3ccccc3)c3ccccc32)ccc1-c1nc2ccccc2n1-c1ccccc1. The molecule has 0 aliphatic carbocycles. The minimum atomic E-state index is 0.167. The van der Waals surface area contributed by atoms with Crippen molar-refractivity contribution in [3.63, 3.8) is 0 Å². The largest absolute Gasteiger partial charge is 0.507 e. The number of rotatable bonds is 4. The zero-order chi connectivity index (χ0) is 28.0. The fourth-order valence-electron chi connectivity index (χ4n) is 5.97. The number of hydrogen-bond acceptors (Lipinski definition) is 4. The van der Waals surface area contributed by atoms with Crippen molar-refractivity contribution in [2.75, 3.05) is 9.80 Å². The summed E-state index contributed by atoms with van der Waals surface area (Å²) in [6.07, 6.45) is 0. The van der Waals surface area contributed by atoms with Crippen molar-refractivity contribution in [3.05, 3.63) is 152 Å². The third-order valence-corrected chi connectivity index (χ3v) is 7.80. The lowest BCUT2D eigenvalue weighted by Gasteiger charge is -2.40. The second-order valence-corrected chi connectivity index (χ2v) is 10.3. The fraction of sp³-hybridized carbons (Fsp3) is 0. The Bertz CT molecular complexity index is 2020. The van der Waals surface area contributed by atoms with Crippen molar-refractivity contribution in [1.82, 2.24) is 9.55 Å². The molecule has 5 heteroatoms. The Morgan fingerprint density at radius 1 is 0.452 bits per heavy atom. The topological polar surface area (TPSA) is 44.5 Å². The summed E-state index contributed by atoms with van der Waals surface area (Å²) in [5, 5.41) is 11.6. The molecule has 0 atom stereocenters. The lowest BCUT2D eigenvalue weighted by molar-refractivity contribution is 0.477. The van der Waals surface area contributed by atoms with Gasteiger partial charge in [0.2, 0.25) is 0 Å². The summed E-state index contributed by atoms with van der Waals surface area (Å²) in [5.41, 5.74) is 9.68. The van der Waals surface area contributed by atoms with Gasteiger partial charge in [-0.3, -0.25) is 4.57 Å². The van der Waals surface area contributed by atoms with Gasteiger partial charge in [-0.2, -0.15) is 0 Å². The van der Waals surface area contributed by atoms with Gasteiger partial charge in [-0.15, -0.1) is 0 Å². The molecule has 0 radical (unpaired) electrons. The number of aromatic nitrogens is 2. The number of benzene rings is 6. The van der Waals surface area contributed by atoms with Gasteiger partial charge in [0.05, 0.1) is 45.0 Å². The molecule has 0 spiro atoms. The molecular weight excluding hydrogens is 516 g/mol. The molecule has 2 heterocycles. The van der Waals surface area contributed by atoms with E-state index in [1.165, 1.54) is 0 Å². The number of para-hydroxylation sites is 8. The first-order valence-electron chi connectivity index (χ1n) is 14.0. The molecular formula is C37H26N4O. The Balaban J connectivity index is 1.29. The molecule has 1 N–H and O–H groups in total. The molecule has 1 aliphatic rings. The molecule has 5 nitrogen and oxygen atoms in total. The number of imidazole rings is 1. The summed E-state index contributed by atoms with van der Waals surface area (Å²) in [6, 6.07) is 51.3. The van der Waals surface area contributed by atoms with E-state index < -0.39 is 0 Å². The van der Waals surface area contributed by atoms with E-state index in [1.807, 2.05) is 54.6 Å². The summed E-state index contributed by atoms with van der Waals surface area (Å²) in [4.78, 5) is 9.47. The van der Waals surface area contributed by atoms with E-state index in [0.29, 0.717) is 11.4 Å². The van der Waals surface area contributed by atoms with E-state index in [0.717, 1.165) is 50.8 Å². The Kier molecular flexibility index (Phi) is 5.54.